The topological polar surface area (TPSA) is 113 Å². The number of imide groups is 1. The minimum Gasteiger partial charge on any atom is -0.472 e. The number of rotatable bonds is 4. The van der Waals surface area contributed by atoms with Crippen LogP contribution in [-0.2, 0) is 17.8 Å². The largest absolute Gasteiger partial charge is 0.472 e. The van der Waals surface area contributed by atoms with E-state index in [0.717, 1.165) is 15.5 Å². The number of thiazole rings is 1. The molecule has 0 radical (unpaired) electrons. The Morgan fingerprint density at radius 3 is 2.55 bits per heavy atom. The van der Waals surface area contributed by atoms with Gasteiger partial charge < -0.3 is 9.32 Å². The van der Waals surface area contributed by atoms with Crippen molar-refractivity contribution in [1.82, 2.24) is 14.8 Å². The first-order chi connectivity index (χ1) is 15.0. The maximum absolute atomic E-state index is 12.8. The predicted molar refractivity (Wildman–Crippen MR) is 110 cm³/mol. The molecule has 1 aromatic carbocycles. The molecule has 1 N–H and O–H groups in total. The van der Waals surface area contributed by atoms with Gasteiger partial charge in [0.1, 0.15) is 12.8 Å². The summed E-state index contributed by atoms with van der Waals surface area (Å²) in [5, 5.41) is 3.18. The van der Waals surface area contributed by atoms with Crippen molar-refractivity contribution in [3.63, 3.8) is 0 Å². The number of carbonyl (C=O) groups is 4. The van der Waals surface area contributed by atoms with Crippen LogP contribution in [0.15, 0.2) is 47.3 Å². The molecule has 0 aliphatic carbocycles. The van der Waals surface area contributed by atoms with Gasteiger partial charge in [-0.3, -0.25) is 29.4 Å². The molecule has 2 aliphatic heterocycles. The summed E-state index contributed by atoms with van der Waals surface area (Å²) < 4.78 is 4.91. The third-order valence-corrected chi connectivity index (χ3v) is 6.26. The number of anilines is 1. The molecule has 156 valence electrons. The quantitative estimate of drug-likeness (QED) is 0.627. The zero-order valence-electron chi connectivity index (χ0n) is 16.2. The van der Waals surface area contributed by atoms with Crippen LogP contribution in [0.2, 0.25) is 0 Å². The van der Waals surface area contributed by atoms with E-state index in [1.807, 2.05) is 0 Å². The van der Waals surface area contributed by atoms with Crippen LogP contribution < -0.4 is 5.32 Å². The lowest BCUT2D eigenvalue weighted by molar-refractivity contribution is -0.132. The van der Waals surface area contributed by atoms with Crippen LogP contribution >= 0.6 is 11.3 Å². The lowest BCUT2D eigenvalue weighted by Gasteiger charge is -2.27. The molecule has 9 nitrogen and oxygen atoms in total. The molecule has 0 spiro atoms. The van der Waals surface area contributed by atoms with Crippen molar-refractivity contribution in [2.24, 2.45) is 0 Å². The number of hydrogen-bond donors (Lipinski definition) is 1. The number of fused-ring (bicyclic) bond motifs is 2. The third-order valence-electron chi connectivity index (χ3n) is 5.26. The fraction of sp³-hybridized carbons (Fsp3) is 0.190. The number of furan rings is 1. The summed E-state index contributed by atoms with van der Waals surface area (Å²) in [5.74, 6) is -1.53. The smallest absolute Gasteiger partial charge is 0.262 e. The zero-order valence-corrected chi connectivity index (χ0v) is 17.0. The van der Waals surface area contributed by atoms with Gasteiger partial charge in [-0.1, -0.05) is 23.5 Å². The first kappa shape index (κ1) is 19.2. The molecule has 4 heterocycles. The van der Waals surface area contributed by atoms with E-state index >= 15 is 0 Å². The Kier molecular flexibility index (Phi) is 4.63. The molecule has 3 aromatic rings. The van der Waals surface area contributed by atoms with E-state index in [1.165, 1.54) is 23.9 Å². The third kappa shape index (κ3) is 3.40. The van der Waals surface area contributed by atoms with Gasteiger partial charge in [0, 0.05) is 17.8 Å². The number of carbonyl (C=O) groups excluding carboxylic acids is 4. The molecular weight excluding hydrogens is 420 g/mol. The Balaban J connectivity index is 1.25. The highest BCUT2D eigenvalue weighted by Crippen LogP contribution is 2.29. The number of aromatic nitrogens is 1. The highest BCUT2D eigenvalue weighted by molar-refractivity contribution is 7.15. The van der Waals surface area contributed by atoms with Crippen LogP contribution in [-0.4, -0.2) is 51.5 Å². The van der Waals surface area contributed by atoms with Crippen molar-refractivity contribution in [3.8, 4) is 0 Å². The number of amides is 4. The monoisotopic (exact) mass is 436 g/mol. The molecular formula is C21H16N4O5S. The molecule has 0 fully saturated rings. The van der Waals surface area contributed by atoms with Gasteiger partial charge in [-0.15, -0.1) is 0 Å². The fourth-order valence-corrected chi connectivity index (χ4v) is 4.66. The summed E-state index contributed by atoms with van der Waals surface area (Å²) in [6, 6.07) is 8.11. The van der Waals surface area contributed by atoms with Crippen molar-refractivity contribution in [2.75, 3.05) is 18.4 Å². The van der Waals surface area contributed by atoms with Crippen molar-refractivity contribution < 1.29 is 23.6 Å². The predicted octanol–water partition coefficient (Wildman–Crippen LogP) is 2.17. The summed E-state index contributed by atoms with van der Waals surface area (Å²) in [5.41, 5.74) is 1.87. The van der Waals surface area contributed by atoms with Crippen LogP contribution in [0.4, 0.5) is 5.13 Å². The average molecular weight is 436 g/mol. The van der Waals surface area contributed by atoms with Gasteiger partial charge in [0.2, 0.25) is 5.91 Å². The van der Waals surface area contributed by atoms with Gasteiger partial charge in [0.05, 0.1) is 35.2 Å². The maximum Gasteiger partial charge on any atom is 0.262 e. The van der Waals surface area contributed by atoms with Crippen molar-refractivity contribution in [3.05, 3.63) is 70.1 Å². The normalized spacial score (nSPS) is 15.1. The molecule has 2 aliphatic rings. The molecule has 2 aromatic heterocycles. The second kappa shape index (κ2) is 7.47. The van der Waals surface area contributed by atoms with E-state index in [0.29, 0.717) is 41.3 Å². The van der Waals surface area contributed by atoms with E-state index in [4.69, 9.17) is 4.42 Å². The first-order valence-corrected chi connectivity index (χ1v) is 10.4. The summed E-state index contributed by atoms with van der Waals surface area (Å²) in [7, 11) is 0. The van der Waals surface area contributed by atoms with Crippen molar-refractivity contribution in [2.45, 2.75) is 13.0 Å². The van der Waals surface area contributed by atoms with Crippen molar-refractivity contribution >= 4 is 40.1 Å². The minimum absolute atomic E-state index is 0.301. The Hall–Kier alpha value is -3.79. The maximum atomic E-state index is 12.8. The molecule has 0 saturated heterocycles. The minimum atomic E-state index is -0.450. The fourth-order valence-electron chi connectivity index (χ4n) is 3.64. The van der Waals surface area contributed by atoms with Gasteiger partial charge in [-0.05, 0) is 18.2 Å². The van der Waals surface area contributed by atoms with E-state index in [1.54, 1.807) is 35.2 Å². The molecule has 0 atom stereocenters. The summed E-state index contributed by atoms with van der Waals surface area (Å²) in [6.45, 7) is 0.439. The Labute approximate surface area is 180 Å². The molecule has 0 bridgehead atoms. The van der Waals surface area contributed by atoms with Gasteiger partial charge in [-0.25, -0.2) is 4.98 Å². The number of nitrogens with one attached hydrogen (secondary N) is 1. The molecule has 10 heteroatoms. The van der Waals surface area contributed by atoms with Crippen LogP contribution in [0.5, 0.6) is 0 Å². The highest BCUT2D eigenvalue weighted by Gasteiger charge is 2.37. The van der Waals surface area contributed by atoms with E-state index in [-0.39, 0.29) is 18.4 Å². The number of benzene rings is 1. The van der Waals surface area contributed by atoms with Gasteiger partial charge >= 0.3 is 0 Å². The SMILES string of the molecule is O=C(Nc1nc2c(s1)CN(C(=O)CN1C(=O)c3ccccc3C1=O)CC2)c1ccoc1. The number of nitrogens with zero attached hydrogens (tertiary/aromatic N) is 3. The zero-order chi connectivity index (χ0) is 21.5. The molecule has 4 amide bonds. The summed E-state index contributed by atoms with van der Waals surface area (Å²) in [4.78, 5) is 57.9. The van der Waals surface area contributed by atoms with Gasteiger partial charge in [0.15, 0.2) is 5.13 Å². The van der Waals surface area contributed by atoms with Crippen LogP contribution in [0.3, 0.4) is 0 Å². The van der Waals surface area contributed by atoms with Crippen LogP contribution in [0.1, 0.15) is 41.6 Å². The Morgan fingerprint density at radius 1 is 1.13 bits per heavy atom. The second-order valence-electron chi connectivity index (χ2n) is 7.16. The Bertz CT molecular complexity index is 1180. The van der Waals surface area contributed by atoms with Crippen molar-refractivity contribution in [1.29, 1.82) is 0 Å². The molecule has 5 rings (SSSR count). The van der Waals surface area contributed by atoms with Gasteiger partial charge in [0.25, 0.3) is 17.7 Å². The summed E-state index contributed by atoms with van der Waals surface area (Å²) >= 11 is 1.30. The van der Waals surface area contributed by atoms with E-state index < -0.39 is 11.8 Å². The van der Waals surface area contributed by atoms with E-state index in [2.05, 4.69) is 10.3 Å². The molecule has 0 saturated carbocycles. The highest BCUT2D eigenvalue weighted by atomic mass is 32.1. The van der Waals surface area contributed by atoms with Crippen LogP contribution in [0.25, 0.3) is 0 Å². The lowest BCUT2D eigenvalue weighted by Crippen LogP contribution is -2.44. The van der Waals surface area contributed by atoms with E-state index in [9.17, 15) is 19.2 Å². The Morgan fingerprint density at radius 2 is 1.87 bits per heavy atom. The lowest BCUT2D eigenvalue weighted by atomic mass is 10.1. The first-order valence-electron chi connectivity index (χ1n) is 9.56. The molecule has 0 unspecified atom stereocenters. The standard InChI is InChI=1S/C21H16N4O5S/c26-17(10-25-19(28)13-3-1-2-4-14(13)20(25)29)24-7-5-15-16(9-24)31-21(22-15)23-18(27)12-6-8-30-11-12/h1-4,6,8,11H,5,7,9-10H2,(H,22,23,27). The van der Waals surface area contributed by atoms with Gasteiger partial charge in [-0.2, -0.15) is 0 Å². The summed E-state index contributed by atoms with van der Waals surface area (Å²) in [6.07, 6.45) is 3.30. The second-order valence-corrected chi connectivity index (χ2v) is 8.25. The molecule has 31 heavy (non-hydrogen) atoms. The number of hydrogen-bond acceptors (Lipinski definition) is 7. The average Bonchev–Trinajstić information content (AvgIpc) is 3.49. The van der Waals surface area contributed by atoms with Crippen LogP contribution in [0, 0.1) is 0 Å².